The molecular weight excluding hydrogens is 217 g/mol. The van der Waals surface area contributed by atoms with Gasteiger partial charge in [0.05, 0.1) is 13.2 Å². The van der Waals surface area contributed by atoms with Gasteiger partial charge >= 0.3 is 7.60 Å². The van der Waals surface area contributed by atoms with Crippen LogP contribution in [0.25, 0.3) is 0 Å². The molecule has 0 spiro atoms. The van der Waals surface area contributed by atoms with Gasteiger partial charge in [0.15, 0.2) is 6.21 Å². The molecule has 6 heteroatoms. The fraction of sp³-hybridized carbons (Fsp3) is 0.889. The van der Waals surface area contributed by atoms with Crippen LogP contribution in [0.3, 0.4) is 0 Å². The Morgan fingerprint density at radius 3 is 2.33 bits per heavy atom. The molecule has 1 atom stereocenters. The Kier molecular flexibility index (Phi) is 3.93. The van der Waals surface area contributed by atoms with Gasteiger partial charge in [-0.3, -0.25) is 4.57 Å². The second-order valence-electron chi connectivity index (χ2n) is 3.60. The maximum absolute atomic E-state index is 12.4. The third kappa shape index (κ3) is 2.10. The molecule has 0 amide bonds. The van der Waals surface area contributed by atoms with E-state index in [4.69, 9.17) is 9.05 Å². The van der Waals surface area contributed by atoms with Gasteiger partial charge in [-0.1, -0.05) is 0 Å². The maximum Gasteiger partial charge on any atom is 0.401 e. The molecule has 5 nitrogen and oxygen atoms in total. The molecule has 0 aromatic rings. The Bertz CT molecular complexity index is 294. The summed E-state index contributed by atoms with van der Waals surface area (Å²) < 4.78 is 23.6. The van der Waals surface area contributed by atoms with Crippen LogP contribution < -0.4 is 0 Å². The zero-order valence-corrected chi connectivity index (χ0v) is 10.3. The standard InChI is InChI=1S/C9H18NO4P/c1-4-13-15(12,14-5-2)9(3)7-6-8-10(9)11/h8H,4-7H2,1-3H3/t9-/m1/s1. The average molecular weight is 235 g/mol. The lowest BCUT2D eigenvalue weighted by Crippen LogP contribution is -2.33. The zero-order chi connectivity index (χ0) is 11.5. The molecule has 1 aliphatic rings. The summed E-state index contributed by atoms with van der Waals surface area (Å²) in [6.45, 7) is 5.67. The van der Waals surface area contributed by atoms with E-state index in [2.05, 4.69) is 0 Å². The van der Waals surface area contributed by atoms with Crippen molar-refractivity contribution in [1.82, 2.24) is 0 Å². The maximum atomic E-state index is 12.4. The first-order valence-electron chi connectivity index (χ1n) is 5.19. The molecule has 0 saturated carbocycles. The van der Waals surface area contributed by atoms with E-state index in [0.29, 0.717) is 12.8 Å². The van der Waals surface area contributed by atoms with Crippen LogP contribution in [0, 0.1) is 5.21 Å². The summed E-state index contributed by atoms with van der Waals surface area (Å²) in [6, 6.07) is 0. The van der Waals surface area contributed by atoms with E-state index in [-0.39, 0.29) is 13.2 Å². The molecule has 0 unspecified atom stereocenters. The Morgan fingerprint density at radius 2 is 2.00 bits per heavy atom. The molecule has 0 aromatic heterocycles. The number of hydroxylamine groups is 1. The van der Waals surface area contributed by atoms with Crippen LogP contribution in [-0.2, 0) is 13.6 Å². The van der Waals surface area contributed by atoms with Crippen LogP contribution in [-0.4, -0.2) is 29.4 Å². The van der Waals surface area contributed by atoms with Gasteiger partial charge in [-0.15, -0.1) is 0 Å². The molecule has 88 valence electrons. The van der Waals surface area contributed by atoms with E-state index >= 15 is 0 Å². The van der Waals surface area contributed by atoms with Crippen molar-refractivity contribution < 1.29 is 18.4 Å². The summed E-state index contributed by atoms with van der Waals surface area (Å²) in [5, 5.41) is 10.6. The smallest absolute Gasteiger partial charge is 0.401 e. The van der Waals surface area contributed by atoms with Gasteiger partial charge in [-0.2, -0.15) is 4.74 Å². The molecule has 1 rings (SSSR count). The van der Waals surface area contributed by atoms with Crippen molar-refractivity contribution in [3.8, 4) is 0 Å². The first-order valence-corrected chi connectivity index (χ1v) is 6.73. The minimum Gasteiger partial charge on any atom is -0.623 e. The highest BCUT2D eigenvalue weighted by molar-refractivity contribution is 7.55. The van der Waals surface area contributed by atoms with E-state index in [0.717, 1.165) is 4.74 Å². The molecular formula is C9H18NO4P. The quantitative estimate of drug-likeness (QED) is 0.417. The van der Waals surface area contributed by atoms with Crippen LogP contribution in [0.1, 0.15) is 33.6 Å². The molecule has 0 fully saturated rings. The van der Waals surface area contributed by atoms with Gasteiger partial charge in [-0.25, -0.2) is 0 Å². The molecule has 0 N–H and O–H groups in total. The third-order valence-corrected chi connectivity index (χ3v) is 5.37. The van der Waals surface area contributed by atoms with Crippen molar-refractivity contribution >= 4 is 13.8 Å². The predicted octanol–water partition coefficient (Wildman–Crippen LogP) is 2.34. The fourth-order valence-electron chi connectivity index (χ4n) is 1.68. The Balaban J connectivity index is 2.98. The van der Waals surface area contributed by atoms with Crippen LogP contribution in [0.5, 0.6) is 0 Å². The van der Waals surface area contributed by atoms with Crippen molar-refractivity contribution in [3.05, 3.63) is 5.21 Å². The number of nitrogens with zero attached hydrogens (tertiary/aromatic N) is 1. The van der Waals surface area contributed by atoms with Crippen LogP contribution in [0.15, 0.2) is 0 Å². The van der Waals surface area contributed by atoms with Gasteiger partial charge in [0.1, 0.15) is 0 Å². The normalized spacial score (nSPS) is 26.7. The van der Waals surface area contributed by atoms with E-state index in [1.54, 1.807) is 20.8 Å². The molecule has 0 aromatic carbocycles. The Hall–Kier alpha value is -0.380. The van der Waals surface area contributed by atoms with Crippen molar-refractivity contribution in [3.63, 3.8) is 0 Å². The number of hydrogen-bond acceptors (Lipinski definition) is 4. The van der Waals surface area contributed by atoms with Gasteiger partial charge in [0.2, 0.25) is 0 Å². The average Bonchev–Trinajstić information content (AvgIpc) is 2.49. The van der Waals surface area contributed by atoms with Crippen LogP contribution in [0.2, 0.25) is 0 Å². The van der Waals surface area contributed by atoms with Gasteiger partial charge in [0, 0.05) is 19.8 Å². The van der Waals surface area contributed by atoms with Crippen molar-refractivity contribution in [2.75, 3.05) is 13.2 Å². The summed E-state index contributed by atoms with van der Waals surface area (Å²) in [7, 11) is -3.35. The Morgan fingerprint density at radius 1 is 1.47 bits per heavy atom. The van der Waals surface area contributed by atoms with Gasteiger partial charge in [0.25, 0.3) is 5.28 Å². The Labute approximate surface area is 90.2 Å². The van der Waals surface area contributed by atoms with E-state index < -0.39 is 12.9 Å². The molecule has 0 bridgehead atoms. The highest BCUT2D eigenvalue weighted by Crippen LogP contribution is 2.62. The fourth-order valence-corrected chi connectivity index (χ4v) is 3.71. The van der Waals surface area contributed by atoms with Crippen LogP contribution >= 0.6 is 7.60 Å². The summed E-state index contributed by atoms with van der Waals surface area (Å²) in [5.74, 6) is 0. The van der Waals surface area contributed by atoms with Gasteiger partial charge < -0.3 is 14.3 Å². The highest BCUT2D eigenvalue weighted by atomic mass is 31.2. The lowest BCUT2D eigenvalue weighted by Gasteiger charge is -2.30. The van der Waals surface area contributed by atoms with Gasteiger partial charge in [-0.05, 0) is 13.8 Å². The SMILES string of the molecule is CCOP(=O)(OCC)[C@]1(C)CCC=[N+]1[O-]. The number of rotatable bonds is 5. The van der Waals surface area contributed by atoms with Crippen molar-refractivity contribution in [2.24, 2.45) is 0 Å². The minimum atomic E-state index is -3.35. The molecule has 15 heavy (non-hydrogen) atoms. The topological polar surface area (TPSA) is 61.6 Å². The minimum absolute atomic E-state index is 0.278. The molecule has 0 aliphatic carbocycles. The second-order valence-corrected chi connectivity index (χ2v) is 6.07. The lowest BCUT2D eigenvalue weighted by molar-refractivity contribution is -0.506. The third-order valence-electron chi connectivity index (χ3n) is 2.58. The summed E-state index contributed by atoms with van der Waals surface area (Å²) >= 11 is 0. The molecule has 0 radical (unpaired) electrons. The van der Waals surface area contributed by atoms with E-state index in [9.17, 15) is 9.77 Å². The lowest BCUT2D eigenvalue weighted by atomic mass is 10.2. The number of hydrogen-bond donors (Lipinski definition) is 0. The van der Waals surface area contributed by atoms with E-state index in [1.165, 1.54) is 6.21 Å². The van der Waals surface area contributed by atoms with Crippen molar-refractivity contribution in [1.29, 1.82) is 0 Å². The van der Waals surface area contributed by atoms with Crippen molar-refractivity contribution in [2.45, 2.75) is 38.9 Å². The summed E-state index contributed by atoms with van der Waals surface area (Å²) in [6.07, 6.45) is 2.61. The zero-order valence-electron chi connectivity index (χ0n) is 9.43. The predicted molar refractivity (Wildman–Crippen MR) is 58.2 cm³/mol. The highest BCUT2D eigenvalue weighted by Gasteiger charge is 2.56. The summed E-state index contributed by atoms with van der Waals surface area (Å²) in [5.41, 5.74) is 0. The second kappa shape index (κ2) is 4.64. The molecule has 1 aliphatic heterocycles. The van der Waals surface area contributed by atoms with E-state index in [1.807, 2.05) is 0 Å². The molecule has 1 heterocycles. The molecule has 0 saturated heterocycles. The first kappa shape index (κ1) is 12.7. The monoisotopic (exact) mass is 235 g/mol. The largest absolute Gasteiger partial charge is 0.623 e. The van der Waals surface area contributed by atoms with Crippen LogP contribution in [0.4, 0.5) is 0 Å². The first-order chi connectivity index (χ1) is 7.00. The summed E-state index contributed by atoms with van der Waals surface area (Å²) in [4.78, 5) is 0.